The van der Waals surface area contributed by atoms with Gasteiger partial charge in [0.1, 0.15) is 5.69 Å². The van der Waals surface area contributed by atoms with Crippen LogP contribution in [0.3, 0.4) is 0 Å². The number of amides is 2. The summed E-state index contributed by atoms with van der Waals surface area (Å²) in [5, 5.41) is 0. The average Bonchev–Trinajstić information content (AvgIpc) is 3.14. The van der Waals surface area contributed by atoms with Crippen molar-refractivity contribution in [3.8, 4) is 0 Å². The van der Waals surface area contributed by atoms with Crippen LogP contribution in [-0.2, 0) is 9.59 Å². The minimum Gasteiger partial charge on any atom is -0.274 e. The highest BCUT2D eigenvalue weighted by molar-refractivity contribution is 6.22. The number of H-pyrrole nitrogens is 1. The maximum Gasteiger partial charge on any atom is 0.335 e. The molecule has 2 fully saturated rings. The third-order valence-electron chi connectivity index (χ3n) is 4.97. The van der Waals surface area contributed by atoms with Gasteiger partial charge in [-0.25, -0.2) is 14.3 Å². The number of rotatable bonds is 1. The first-order valence-electron chi connectivity index (χ1n) is 7.33. The topological polar surface area (TPSA) is 109 Å². The molecule has 0 aromatic carbocycles. The van der Waals surface area contributed by atoms with E-state index >= 15 is 0 Å². The summed E-state index contributed by atoms with van der Waals surface area (Å²) in [6.07, 6.45) is 5.64. The number of anilines is 1. The first-order valence-corrected chi connectivity index (χ1v) is 7.33. The van der Waals surface area contributed by atoms with E-state index in [1.807, 2.05) is 17.1 Å². The van der Waals surface area contributed by atoms with Crippen molar-refractivity contribution in [3.63, 3.8) is 0 Å². The Hall–Kier alpha value is -2.77. The number of aromatic amines is 1. The van der Waals surface area contributed by atoms with E-state index in [0.717, 1.165) is 24.4 Å². The molecule has 0 radical (unpaired) electrons. The molecule has 1 aromatic heterocycles. The summed E-state index contributed by atoms with van der Waals surface area (Å²) in [4.78, 5) is 63.2. The molecule has 1 saturated carbocycles. The van der Waals surface area contributed by atoms with Gasteiger partial charge in [-0.3, -0.25) is 24.2 Å². The van der Waals surface area contributed by atoms with Crippen molar-refractivity contribution in [2.24, 2.45) is 23.7 Å². The van der Waals surface area contributed by atoms with Crippen LogP contribution in [0.1, 0.15) is 18.1 Å². The van der Waals surface area contributed by atoms with Crippen LogP contribution in [0, 0.1) is 23.7 Å². The molecule has 1 N–H and O–H groups in total. The Kier molecular flexibility index (Phi) is 2.64. The van der Waals surface area contributed by atoms with Gasteiger partial charge in [0.2, 0.25) is 17.7 Å². The second-order valence-electron chi connectivity index (χ2n) is 6.17. The van der Waals surface area contributed by atoms with Gasteiger partial charge in [0.15, 0.2) is 0 Å². The number of carbonyl (C=O) groups excluding carboxylic acids is 3. The van der Waals surface area contributed by atoms with Gasteiger partial charge in [0, 0.05) is 13.1 Å². The number of hydrogen-bond donors (Lipinski definition) is 1. The van der Waals surface area contributed by atoms with Crippen molar-refractivity contribution < 1.29 is 14.4 Å². The van der Waals surface area contributed by atoms with E-state index in [2.05, 4.69) is 0 Å². The van der Waals surface area contributed by atoms with Crippen molar-refractivity contribution in [3.05, 3.63) is 39.2 Å². The quantitative estimate of drug-likeness (QED) is 0.555. The molecular weight excluding hydrogens is 302 g/mol. The summed E-state index contributed by atoms with van der Waals surface area (Å²) in [7, 11) is 0. The summed E-state index contributed by atoms with van der Waals surface area (Å²) in [6, 6.07) is 0. The Balaban J connectivity index is 1.84. The molecule has 8 nitrogen and oxygen atoms in total. The van der Waals surface area contributed by atoms with Crippen LogP contribution < -0.4 is 16.1 Å². The molecule has 2 amide bonds. The van der Waals surface area contributed by atoms with Crippen LogP contribution in [0.15, 0.2) is 27.9 Å². The van der Waals surface area contributed by atoms with Gasteiger partial charge < -0.3 is 0 Å². The molecule has 4 atom stereocenters. The highest BCUT2D eigenvalue weighted by atomic mass is 16.2. The first kappa shape index (κ1) is 13.9. The predicted molar refractivity (Wildman–Crippen MR) is 77.8 cm³/mol. The number of carbonyl (C=O) groups is 3. The molecule has 0 spiro atoms. The Bertz CT molecular complexity index is 878. The fourth-order valence-electron chi connectivity index (χ4n) is 3.99. The van der Waals surface area contributed by atoms with E-state index in [-0.39, 0.29) is 17.5 Å². The fraction of sp³-hybridized carbons (Fsp3) is 0.400. The second-order valence-corrected chi connectivity index (χ2v) is 6.17. The molecule has 4 rings (SSSR count). The van der Waals surface area contributed by atoms with Crippen molar-refractivity contribution in [1.29, 1.82) is 0 Å². The molecule has 118 valence electrons. The van der Waals surface area contributed by atoms with Crippen LogP contribution in [0.2, 0.25) is 0 Å². The van der Waals surface area contributed by atoms with Gasteiger partial charge in [-0.2, -0.15) is 0 Å². The number of allylic oxidation sites excluding steroid dienone is 2. The zero-order valence-corrected chi connectivity index (χ0v) is 12.2. The highest BCUT2D eigenvalue weighted by Gasteiger charge is 2.60. The zero-order chi connectivity index (χ0) is 16.5. The van der Waals surface area contributed by atoms with Crippen LogP contribution in [0.4, 0.5) is 5.69 Å². The predicted octanol–water partition coefficient (Wildman–Crippen LogP) is -0.492. The Labute approximate surface area is 129 Å². The molecular formula is C15H13N3O5. The van der Waals surface area contributed by atoms with Gasteiger partial charge in [-0.1, -0.05) is 12.2 Å². The standard InChI is InChI=1S/C15H13N3O5/c1-6(19)17-5-9(12(20)16-15(17)23)18-13(21)10-7-2-3-8(4-7)11(10)14(18)22/h2-3,5,7-8,10-11H,4H2,1H3,(H,16,20,23)/t7-,8+,10-,11-/m0/s1. The number of nitrogens with one attached hydrogen (secondary N) is 1. The van der Waals surface area contributed by atoms with Crippen molar-refractivity contribution in [1.82, 2.24) is 9.55 Å². The number of aromatic nitrogens is 2. The van der Waals surface area contributed by atoms with E-state index < -0.39 is 40.8 Å². The zero-order valence-electron chi connectivity index (χ0n) is 12.2. The average molecular weight is 315 g/mol. The van der Waals surface area contributed by atoms with Gasteiger partial charge in [0.25, 0.3) is 5.56 Å². The van der Waals surface area contributed by atoms with E-state index in [1.165, 1.54) is 0 Å². The maximum atomic E-state index is 12.7. The van der Waals surface area contributed by atoms with Crippen molar-refractivity contribution in [2.45, 2.75) is 13.3 Å². The van der Waals surface area contributed by atoms with E-state index in [4.69, 9.17) is 0 Å². The molecule has 1 aliphatic heterocycles. The Morgan fingerprint density at radius 1 is 1.09 bits per heavy atom. The summed E-state index contributed by atoms with van der Waals surface area (Å²) in [5.41, 5.74) is -2.02. The molecule has 0 unspecified atom stereocenters. The first-order chi connectivity index (χ1) is 10.9. The number of imide groups is 1. The van der Waals surface area contributed by atoms with E-state index in [9.17, 15) is 24.0 Å². The lowest BCUT2D eigenvalue weighted by atomic mass is 9.85. The lowest BCUT2D eigenvalue weighted by Gasteiger charge is -2.16. The monoisotopic (exact) mass is 315 g/mol. The molecule has 1 aromatic rings. The Morgan fingerprint density at radius 3 is 2.17 bits per heavy atom. The van der Waals surface area contributed by atoms with Crippen LogP contribution in [0.5, 0.6) is 0 Å². The van der Waals surface area contributed by atoms with Crippen molar-refractivity contribution in [2.75, 3.05) is 4.90 Å². The summed E-state index contributed by atoms with van der Waals surface area (Å²) in [5.74, 6) is -2.35. The maximum absolute atomic E-state index is 12.7. The summed E-state index contributed by atoms with van der Waals surface area (Å²) < 4.78 is 0.679. The highest BCUT2D eigenvalue weighted by Crippen LogP contribution is 2.52. The lowest BCUT2D eigenvalue weighted by molar-refractivity contribution is -0.123. The number of hydrogen-bond acceptors (Lipinski definition) is 5. The van der Waals surface area contributed by atoms with E-state index in [0.29, 0.717) is 4.57 Å². The minimum absolute atomic E-state index is 0.0178. The Morgan fingerprint density at radius 2 is 1.65 bits per heavy atom. The second kappa shape index (κ2) is 4.37. The SMILES string of the molecule is CC(=O)n1cc(N2C(=O)[C@@H]3[C@@H](C2=O)[C@H]2C=C[C@@H]3C2)c(=O)[nH]c1=O. The van der Waals surface area contributed by atoms with Crippen LogP contribution >= 0.6 is 0 Å². The number of fused-ring (bicyclic) bond motifs is 5. The van der Waals surface area contributed by atoms with Crippen LogP contribution in [-0.4, -0.2) is 27.3 Å². The van der Waals surface area contributed by atoms with Gasteiger partial charge >= 0.3 is 5.69 Å². The lowest BCUT2D eigenvalue weighted by Crippen LogP contribution is -2.41. The third kappa shape index (κ3) is 1.68. The molecule has 3 aliphatic rings. The summed E-state index contributed by atoms with van der Waals surface area (Å²) in [6.45, 7) is 1.15. The van der Waals surface area contributed by atoms with E-state index in [1.54, 1.807) is 0 Å². The minimum atomic E-state index is -0.896. The van der Waals surface area contributed by atoms with Crippen molar-refractivity contribution >= 4 is 23.4 Å². The van der Waals surface area contributed by atoms with Crippen LogP contribution in [0.25, 0.3) is 0 Å². The fourth-order valence-corrected chi connectivity index (χ4v) is 3.99. The normalized spacial score (nSPS) is 31.1. The molecule has 2 heterocycles. The molecule has 2 aliphatic carbocycles. The molecule has 23 heavy (non-hydrogen) atoms. The molecule has 2 bridgehead atoms. The molecule has 8 heteroatoms. The van der Waals surface area contributed by atoms with Gasteiger partial charge in [-0.05, 0) is 18.3 Å². The smallest absolute Gasteiger partial charge is 0.274 e. The summed E-state index contributed by atoms with van der Waals surface area (Å²) >= 11 is 0. The largest absolute Gasteiger partial charge is 0.335 e. The molecule has 1 saturated heterocycles. The number of nitrogens with zero attached hydrogens (tertiary/aromatic N) is 2. The van der Waals surface area contributed by atoms with Gasteiger partial charge in [0.05, 0.1) is 11.8 Å². The van der Waals surface area contributed by atoms with Gasteiger partial charge in [-0.15, -0.1) is 0 Å². The third-order valence-corrected chi connectivity index (χ3v) is 4.97.